The number of fused-ring (bicyclic) bond motifs is 1. The normalized spacial score (nSPS) is 36.4. The van der Waals surface area contributed by atoms with Gasteiger partial charge in [-0.1, -0.05) is 0 Å². The van der Waals surface area contributed by atoms with Gasteiger partial charge in [0.2, 0.25) is 0 Å². The van der Waals surface area contributed by atoms with Gasteiger partial charge in [-0.05, 0) is 56.3 Å². The maximum Gasteiger partial charge on any atom is 0.0797 e. The second-order valence-electron chi connectivity index (χ2n) is 5.66. The number of nitrogens with zero attached hydrogens (tertiary/aromatic N) is 1. The Labute approximate surface area is 106 Å². The van der Waals surface area contributed by atoms with Gasteiger partial charge in [0, 0.05) is 10.8 Å². The molecule has 0 saturated heterocycles. The molecule has 1 nitrogen and oxygen atoms in total. The number of aromatic nitrogens is 1. The molecular weight excluding hydrogens is 238 g/mol. The Morgan fingerprint density at radius 1 is 1.50 bits per heavy atom. The van der Waals surface area contributed by atoms with E-state index >= 15 is 0 Å². The van der Waals surface area contributed by atoms with Crippen molar-refractivity contribution in [2.24, 2.45) is 17.3 Å². The molecule has 0 N–H and O–H groups in total. The van der Waals surface area contributed by atoms with Crippen molar-refractivity contribution in [3.8, 4) is 0 Å². The molecule has 3 heteroatoms. The number of aryl methyl sites for hydroxylation is 2. The van der Waals surface area contributed by atoms with Gasteiger partial charge in [0.05, 0.1) is 11.2 Å². The van der Waals surface area contributed by atoms with Crippen LogP contribution >= 0.6 is 22.9 Å². The lowest BCUT2D eigenvalue weighted by atomic mass is 9.80. The van der Waals surface area contributed by atoms with Crippen molar-refractivity contribution in [1.29, 1.82) is 0 Å². The second-order valence-corrected chi connectivity index (χ2v) is 6.87. The lowest BCUT2D eigenvalue weighted by Gasteiger charge is -2.28. The topological polar surface area (TPSA) is 12.9 Å². The van der Waals surface area contributed by atoms with Crippen LogP contribution in [0.3, 0.4) is 0 Å². The van der Waals surface area contributed by atoms with Gasteiger partial charge in [-0.3, -0.25) is 0 Å². The summed E-state index contributed by atoms with van der Waals surface area (Å²) in [7, 11) is 0. The van der Waals surface area contributed by atoms with E-state index in [1.54, 1.807) is 11.3 Å². The van der Waals surface area contributed by atoms with Crippen LogP contribution in [0.1, 0.15) is 36.3 Å². The monoisotopic (exact) mass is 255 g/mol. The highest BCUT2D eigenvalue weighted by Gasteiger charge is 2.52. The molecule has 3 rings (SSSR count). The van der Waals surface area contributed by atoms with Crippen molar-refractivity contribution >= 4 is 22.9 Å². The summed E-state index contributed by atoms with van der Waals surface area (Å²) >= 11 is 8.02. The Balaban J connectivity index is 1.63. The van der Waals surface area contributed by atoms with Crippen molar-refractivity contribution in [1.82, 2.24) is 4.98 Å². The summed E-state index contributed by atoms with van der Waals surface area (Å²) in [5, 5.41) is 0. The molecule has 0 aliphatic heterocycles. The molecule has 1 heterocycles. The van der Waals surface area contributed by atoms with E-state index in [9.17, 15) is 0 Å². The average molecular weight is 256 g/mol. The molecule has 1 aromatic heterocycles. The van der Waals surface area contributed by atoms with Gasteiger partial charge in [-0.2, -0.15) is 0 Å². The summed E-state index contributed by atoms with van der Waals surface area (Å²) in [5.41, 5.74) is 3.65. The van der Waals surface area contributed by atoms with E-state index in [4.69, 9.17) is 11.6 Å². The third kappa shape index (κ3) is 1.91. The van der Waals surface area contributed by atoms with E-state index in [1.807, 2.05) is 5.51 Å². The number of halogens is 1. The van der Waals surface area contributed by atoms with Crippen LogP contribution in [0.25, 0.3) is 0 Å². The van der Waals surface area contributed by atoms with E-state index in [1.165, 1.54) is 42.7 Å². The van der Waals surface area contributed by atoms with Gasteiger partial charge < -0.3 is 0 Å². The van der Waals surface area contributed by atoms with Crippen LogP contribution in [-0.2, 0) is 6.42 Å². The molecule has 0 bridgehead atoms. The minimum atomic E-state index is 0.464. The maximum absolute atomic E-state index is 6.22. The number of hydrogen-bond donors (Lipinski definition) is 0. The molecule has 2 aliphatic carbocycles. The third-order valence-electron chi connectivity index (χ3n) is 4.47. The molecule has 16 heavy (non-hydrogen) atoms. The third-order valence-corrected chi connectivity index (χ3v) is 6.03. The molecule has 2 saturated carbocycles. The van der Waals surface area contributed by atoms with E-state index in [0.29, 0.717) is 5.41 Å². The Morgan fingerprint density at radius 3 is 2.81 bits per heavy atom. The minimum absolute atomic E-state index is 0.464. The van der Waals surface area contributed by atoms with Gasteiger partial charge in [-0.25, -0.2) is 4.98 Å². The first-order valence-corrected chi connectivity index (χ1v) is 7.59. The first-order valence-electron chi connectivity index (χ1n) is 6.17. The van der Waals surface area contributed by atoms with Gasteiger partial charge in [0.15, 0.2) is 0 Å². The number of thiazole rings is 1. The highest BCUT2D eigenvalue weighted by atomic mass is 35.5. The summed E-state index contributed by atoms with van der Waals surface area (Å²) in [6, 6.07) is 0. The smallest absolute Gasteiger partial charge is 0.0797 e. The molecular formula is C13H18ClNS. The van der Waals surface area contributed by atoms with Gasteiger partial charge >= 0.3 is 0 Å². The SMILES string of the molecule is Cc1ncsc1CCC1(CCl)CC2CC2C1. The molecule has 0 radical (unpaired) electrons. The molecule has 2 atom stereocenters. The van der Waals surface area contributed by atoms with Crippen LogP contribution < -0.4 is 0 Å². The van der Waals surface area contributed by atoms with Crippen LogP contribution in [-0.4, -0.2) is 10.9 Å². The van der Waals surface area contributed by atoms with Crippen molar-refractivity contribution in [2.45, 2.75) is 39.0 Å². The van der Waals surface area contributed by atoms with Crippen molar-refractivity contribution in [3.05, 3.63) is 16.1 Å². The van der Waals surface area contributed by atoms with Crippen molar-refractivity contribution in [3.63, 3.8) is 0 Å². The highest BCUT2D eigenvalue weighted by molar-refractivity contribution is 7.09. The predicted molar refractivity (Wildman–Crippen MR) is 69.2 cm³/mol. The van der Waals surface area contributed by atoms with Gasteiger partial charge in [0.1, 0.15) is 0 Å². The van der Waals surface area contributed by atoms with E-state index < -0.39 is 0 Å². The van der Waals surface area contributed by atoms with Gasteiger partial charge in [0.25, 0.3) is 0 Å². The molecule has 2 fully saturated rings. The Morgan fingerprint density at radius 2 is 2.25 bits per heavy atom. The molecule has 2 aliphatic rings. The Hall–Kier alpha value is -0.0800. The van der Waals surface area contributed by atoms with Crippen LogP contribution in [0.4, 0.5) is 0 Å². The van der Waals surface area contributed by atoms with Crippen LogP contribution in [0.5, 0.6) is 0 Å². The van der Waals surface area contributed by atoms with Crippen LogP contribution in [0.15, 0.2) is 5.51 Å². The molecule has 2 unspecified atom stereocenters. The largest absolute Gasteiger partial charge is 0.250 e. The number of hydrogen-bond acceptors (Lipinski definition) is 2. The Bertz CT molecular complexity index is 377. The fraction of sp³-hybridized carbons (Fsp3) is 0.769. The summed E-state index contributed by atoms with van der Waals surface area (Å²) in [4.78, 5) is 5.78. The molecule has 0 aromatic carbocycles. The van der Waals surface area contributed by atoms with Crippen LogP contribution in [0.2, 0.25) is 0 Å². The van der Waals surface area contributed by atoms with E-state index in [0.717, 1.165) is 17.7 Å². The molecule has 0 amide bonds. The quantitative estimate of drug-likeness (QED) is 0.740. The van der Waals surface area contributed by atoms with Crippen molar-refractivity contribution in [2.75, 3.05) is 5.88 Å². The predicted octanol–water partition coefficient (Wildman–Crippen LogP) is 4.04. The first-order chi connectivity index (χ1) is 7.72. The maximum atomic E-state index is 6.22. The van der Waals surface area contributed by atoms with E-state index in [2.05, 4.69) is 11.9 Å². The zero-order valence-electron chi connectivity index (χ0n) is 9.71. The average Bonchev–Trinajstić information content (AvgIpc) is 2.74. The fourth-order valence-electron chi connectivity index (χ4n) is 3.33. The summed E-state index contributed by atoms with van der Waals surface area (Å²) in [6.45, 7) is 2.12. The summed E-state index contributed by atoms with van der Waals surface area (Å²) in [5.74, 6) is 2.92. The second kappa shape index (κ2) is 3.99. The minimum Gasteiger partial charge on any atom is -0.250 e. The van der Waals surface area contributed by atoms with E-state index in [-0.39, 0.29) is 0 Å². The van der Waals surface area contributed by atoms with Crippen molar-refractivity contribution < 1.29 is 0 Å². The molecule has 1 aromatic rings. The number of rotatable bonds is 4. The van der Waals surface area contributed by atoms with Gasteiger partial charge in [-0.15, -0.1) is 22.9 Å². The zero-order chi connectivity index (χ0) is 11.2. The standard InChI is InChI=1S/C13H18ClNS/c1-9-12(16-8-15-9)2-3-13(7-14)5-10-4-11(10)6-13/h8,10-11H,2-7H2,1H3. The lowest BCUT2D eigenvalue weighted by Crippen LogP contribution is -2.21. The fourth-order valence-corrected chi connectivity index (χ4v) is 4.46. The first kappa shape index (κ1) is 11.0. The number of alkyl halides is 1. The Kier molecular flexibility index (Phi) is 2.75. The zero-order valence-corrected chi connectivity index (χ0v) is 11.3. The summed E-state index contributed by atoms with van der Waals surface area (Å²) < 4.78 is 0. The molecule has 0 spiro atoms. The molecule has 88 valence electrons. The van der Waals surface area contributed by atoms with Crippen LogP contribution in [0, 0.1) is 24.2 Å². The summed E-state index contributed by atoms with van der Waals surface area (Å²) in [6.07, 6.45) is 6.71. The lowest BCUT2D eigenvalue weighted by molar-refractivity contribution is 0.281. The highest BCUT2D eigenvalue weighted by Crippen LogP contribution is 2.61.